The largest absolute Gasteiger partial charge is 0.509 e. The number of ether oxygens (including phenoxy) is 1. The number of unbranched alkanes of at least 4 members (excludes halogenated alkanes) is 1. The molecule has 4 heteroatoms. The molecule has 2 aromatic carbocycles. The molecule has 1 heterocycles. The summed E-state index contributed by atoms with van der Waals surface area (Å²) in [5, 5.41) is 19.6. The first-order valence-corrected chi connectivity index (χ1v) is 9.71. The molecule has 0 fully saturated rings. The minimum absolute atomic E-state index is 0.204. The van der Waals surface area contributed by atoms with Gasteiger partial charge in [-0.2, -0.15) is 0 Å². The van der Waals surface area contributed by atoms with Crippen LogP contribution < -0.4 is 4.74 Å². The SMILES string of the molecule is CCCCOc1cccc(C2=C(O)C(Cc3ccccc3)N(CC)C2=N)c1. The molecule has 0 saturated heterocycles. The first-order valence-electron chi connectivity index (χ1n) is 9.71. The Morgan fingerprint density at radius 2 is 1.85 bits per heavy atom. The molecule has 1 aliphatic rings. The van der Waals surface area contributed by atoms with Gasteiger partial charge in [-0.3, -0.25) is 5.41 Å². The summed E-state index contributed by atoms with van der Waals surface area (Å²) in [5.74, 6) is 1.43. The fourth-order valence-corrected chi connectivity index (χ4v) is 3.52. The molecule has 1 atom stereocenters. The van der Waals surface area contributed by atoms with Gasteiger partial charge in [0.15, 0.2) is 0 Å². The number of nitrogens with zero attached hydrogens (tertiary/aromatic N) is 1. The molecule has 0 aliphatic carbocycles. The third-order valence-electron chi connectivity index (χ3n) is 4.97. The highest BCUT2D eigenvalue weighted by Gasteiger charge is 2.36. The van der Waals surface area contributed by atoms with E-state index in [2.05, 4.69) is 19.1 Å². The zero-order chi connectivity index (χ0) is 19.2. The maximum atomic E-state index is 11.0. The summed E-state index contributed by atoms with van der Waals surface area (Å²) in [6.07, 6.45) is 2.78. The molecule has 0 amide bonds. The predicted molar refractivity (Wildman–Crippen MR) is 110 cm³/mol. The molecule has 27 heavy (non-hydrogen) atoms. The van der Waals surface area contributed by atoms with Gasteiger partial charge in [-0.1, -0.05) is 55.8 Å². The number of hydrogen-bond acceptors (Lipinski definition) is 3. The van der Waals surface area contributed by atoms with Crippen LogP contribution in [0.1, 0.15) is 37.8 Å². The van der Waals surface area contributed by atoms with Crippen molar-refractivity contribution in [1.82, 2.24) is 4.90 Å². The number of aliphatic hydroxyl groups excluding tert-OH is 1. The van der Waals surface area contributed by atoms with Gasteiger partial charge < -0.3 is 14.7 Å². The van der Waals surface area contributed by atoms with Crippen LogP contribution in [0.25, 0.3) is 5.57 Å². The number of amidine groups is 1. The first kappa shape index (κ1) is 19.0. The maximum Gasteiger partial charge on any atom is 0.132 e. The average molecular weight is 364 g/mol. The molecule has 0 spiro atoms. The summed E-state index contributed by atoms with van der Waals surface area (Å²) >= 11 is 0. The highest BCUT2D eigenvalue weighted by atomic mass is 16.5. The molecule has 0 bridgehead atoms. The summed E-state index contributed by atoms with van der Waals surface area (Å²) < 4.78 is 5.80. The summed E-state index contributed by atoms with van der Waals surface area (Å²) in [7, 11) is 0. The van der Waals surface area contributed by atoms with Crippen LogP contribution in [0.2, 0.25) is 0 Å². The Morgan fingerprint density at radius 1 is 1.07 bits per heavy atom. The quantitative estimate of drug-likeness (QED) is 0.644. The molecule has 1 aliphatic heterocycles. The summed E-state index contributed by atoms with van der Waals surface area (Å²) in [6, 6.07) is 17.6. The van der Waals surface area contributed by atoms with E-state index in [1.54, 1.807) is 0 Å². The van der Waals surface area contributed by atoms with E-state index in [-0.39, 0.29) is 11.8 Å². The van der Waals surface area contributed by atoms with Gasteiger partial charge in [-0.05, 0) is 36.6 Å². The van der Waals surface area contributed by atoms with Crippen LogP contribution in [-0.4, -0.2) is 35.0 Å². The topological polar surface area (TPSA) is 56.6 Å². The second-order valence-corrected chi connectivity index (χ2v) is 6.83. The highest BCUT2D eigenvalue weighted by Crippen LogP contribution is 2.34. The van der Waals surface area contributed by atoms with Crippen molar-refractivity contribution in [1.29, 1.82) is 5.41 Å². The van der Waals surface area contributed by atoms with Crippen LogP contribution in [0.4, 0.5) is 0 Å². The van der Waals surface area contributed by atoms with Crippen LogP contribution in [-0.2, 0) is 6.42 Å². The smallest absolute Gasteiger partial charge is 0.132 e. The minimum atomic E-state index is -0.204. The number of likely N-dealkylation sites (N-methyl/N-ethyl adjacent to an activating group) is 1. The van der Waals surface area contributed by atoms with Gasteiger partial charge in [0.05, 0.1) is 18.2 Å². The Labute approximate surface area is 161 Å². The fraction of sp³-hybridized carbons (Fsp3) is 0.348. The van der Waals surface area contributed by atoms with Crippen molar-refractivity contribution in [2.24, 2.45) is 0 Å². The summed E-state index contributed by atoms with van der Waals surface area (Å²) in [4.78, 5) is 1.96. The molecule has 0 saturated carbocycles. The maximum absolute atomic E-state index is 11.0. The second kappa shape index (κ2) is 8.76. The Morgan fingerprint density at radius 3 is 2.56 bits per heavy atom. The number of rotatable bonds is 8. The van der Waals surface area contributed by atoms with E-state index < -0.39 is 0 Å². The number of benzene rings is 2. The minimum Gasteiger partial charge on any atom is -0.509 e. The van der Waals surface area contributed by atoms with Crippen molar-refractivity contribution in [2.45, 2.75) is 39.2 Å². The van der Waals surface area contributed by atoms with Crippen molar-refractivity contribution < 1.29 is 9.84 Å². The van der Waals surface area contributed by atoms with Crippen molar-refractivity contribution in [2.75, 3.05) is 13.2 Å². The monoisotopic (exact) mass is 364 g/mol. The zero-order valence-electron chi connectivity index (χ0n) is 16.1. The Kier molecular flexibility index (Phi) is 6.17. The van der Waals surface area contributed by atoms with Crippen molar-refractivity contribution in [3.8, 4) is 5.75 Å². The molecule has 1 unspecified atom stereocenters. The lowest BCUT2D eigenvalue weighted by Crippen LogP contribution is -2.36. The number of nitrogens with one attached hydrogen (secondary N) is 1. The van der Waals surface area contributed by atoms with Crippen molar-refractivity contribution in [3.63, 3.8) is 0 Å². The van der Waals surface area contributed by atoms with E-state index in [0.29, 0.717) is 31.0 Å². The van der Waals surface area contributed by atoms with Gasteiger partial charge in [0.1, 0.15) is 17.3 Å². The molecule has 2 aromatic rings. The Bertz CT molecular complexity index is 814. The first-order chi connectivity index (χ1) is 13.2. The van der Waals surface area contributed by atoms with Gasteiger partial charge in [0, 0.05) is 13.0 Å². The van der Waals surface area contributed by atoms with Gasteiger partial charge in [0.25, 0.3) is 0 Å². The van der Waals surface area contributed by atoms with Crippen LogP contribution in [0, 0.1) is 5.41 Å². The van der Waals surface area contributed by atoms with Crippen LogP contribution in [0.15, 0.2) is 60.4 Å². The van der Waals surface area contributed by atoms with Gasteiger partial charge in [-0.25, -0.2) is 0 Å². The predicted octanol–water partition coefficient (Wildman–Crippen LogP) is 5.06. The number of hydrogen-bond donors (Lipinski definition) is 2. The Balaban J connectivity index is 1.89. The number of aliphatic hydroxyl groups is 1. The average Bonchev–Trinajstić information content (AvgIpc) is 2.92. The van der Waals surface area contributed by atoms with Crippen LogP contribution in [0.3, 0.4) is 0 Å². The third-order valence-corrected chi connectivity index (χ3v) is 4.97. The van der Waals surface area contributed by atoms with Gasteiger partial charge in [-0.15, -0.1) is 0 Å². The van der Waals surface area contributed by atoms with Crippen LogP contribution >= 0.6 is 0 Å². The van der Waals surface area contributed by atoms with E-state index in [0.717, 1.165) is 29.7 Å². The molecule has 0 radical (unpaired) electrons. The normalized spacial score (nSPS) is 16.9. The van der Waals surface area contributed by atoms with Crippen LogP contribution in [0.5, 0.6) is 5.75 Å². The van der Waals surface area contributed by atoms with E-state index in [1.165, 1.54) is 0 Å². The summed E-state index contributed by atoms with van der Waals surface area (Å²) in [6.45, 7) is 5.51. The molecule has 0 aromatic heterocycles. The molecular weight excluding hydrogens is 336 g/mol. The van der Waals surface area contributed by atoms with Crippen molar-refractivity contribution in [3.05, 3.63) is 71.5 Å². The Hall–Kier alpha value is -2.75. The van der Waals surface area contributed by atoms with E-state index in [9.17, 15) is 5.11 Å². The standard InChI is InChI=1S/C23H28N2O2/c1-3-5-14-27-19-13-9-12-18(16-19)21-22(26)20(25(4-2)23(21)24)15-17-10-7-6-8-11-17/h6-13,16,20,24,26H,3-5,14-15H2,1-2H3. The van der Waals surface area contributed by atoms with Gasteiger partial charge >= 0.3 is 0 Å². The molecular formula is C23H28N2O2. The van der Waals surface area contributed by atoms with E-state index in [1.807, 2.05) is 54.3 Å². The third kappa shape index (κ3) is 4.16. The molecule has 4 nitrogen and oxygen atoms in total. The lowest BCUT2D eigenvalue weighted by Gasteiger charge is -2.25. The van der Waals surface area contributed by atoms with Gasteiger partial charge in [0.2, 0.25) is 0 Å². The summed E-state index contributed by atoms with van der Waals surface area (Å²) in [5.41, 5.74) is 2.59. The highest BCUT2D eigenvalue weighted by molar-refractivity contribution is 6.24. The zero-order valence-corrected chi connectivity index (χ0v) is 16.1. The molecule has 142 valence electrons. The second-order valence-electron chi connectivity index (χ2n) is 6.83. The van der Waals surface area contributed by atoms with E-state index in [4.69, 9.17) is 10.1 Å². The lowest BCUT2D eigenvalue weighted by molar-refractivity contribution is 0.277. The van der Waals surface area contributed by atoms with Crippen molar-refractivity contribution >= 4 is 11.4 Å². The van der Waals surface area contributed by atoms with E-state index >= 15 is 0 Å². The molecule has 2 N–H and O–H groups in total. The fourth-order valence-electron chi connectivity index (χ4n) is 3.52. The molecule has 3 rings (SSSR count). The lowest BCUT2D eigenvalue weighted by atomic mass is 10.0.